The molecule has 0 bridgehead atoms. The van der Waals surface area contributed by atoms with Gasteiger partial charge in [-0.05, 0) is 25.1 Å². The number of nitrogens with zero attached hydrogens (tertiary/aromatic N) is 3. The second-order valence-electron chi connectivity index (χ2n) is 3.84. The van der Waals surface area contributed by atoms with Gasteiger partial charge < -0.3 is 4.74 Å². The number of rotatable bonds is 3. The summed E-state index contributed by atoms with van der Waals surface area (Å²) in [4.78, 5) is 0. The predicted molar refractivity (Wildman–Crippen MR) is 65.2 cm³/mol. The highest BCUT2D eigenvalue weighted by Crippen LogP contribution is 2.39. The van der Waals surface area contributed by atoms with E-state index < -0.39 is 17.4 Å². The van der Waals surface area contributed by atoms with Gasteiger partial charge in [0.25, 0.3) is 0 Å². The molecular weight excluding hydrogens is 297 g/mol. The molecule has 1 aromatic heterocycles. The molecule has 0 spiro atoms. The largest absolute Gasteiger partial charge is 0.438 e. The predicted octanol–water partition coefficient (Wildman–Crippen LogP) is 4.77. The van der Waals surface area contributed by atoms with Crippen LogP contribution in [-0.2, 0) is 6.18 Å². The van der Waals surface area contributed by atoms with Crippen molar-refractivity contribution in [3.63, 3.8) is 0 Å². The molecule has 20 heavy (non-hydrogen) atoms. The van der Waals surface area contributed by atoms with E-state index in [2.05, 4.69) is 19.9 Å². The zero-order valence-electron chi connectivity index (χ0n) is 10.1. The molecule has 1 N–H and O–H groups in total. The summed E-state index contributed by atoms with van der Waals surface area (Å²) in [6, 6.07) is 4.80. The third-order valence-electron chi connectivity index (χ3n) is 2.32. The molecule has 1 aromatic carbocycles. The Morgan fingerprint density at radius 3 is 2.60 bits per heavy atom. The van der Waals surface area contributed by atoms with Crippen LogP contribution in [0.15, 0.2) is 34.0 Å². The van der Waals surface area contributed by atoms with Crippen LogP contribution in [0.3, 0.4) is 0 Å². The number of ether oxygens (including phenoxy) is 1. The topological polar surface area (TPSA) is 62.6 Å². The minimum absolute atomic E-state index is 0.0163. The number of hydrogen-bond acceptors (Lipinski definition) is 4. The van der Waals surface area contributed by atoms with Crippen LogP contribution in [0.25, 0.3) is 0 Å². The summed E-state index contributed by atoms with van der Waals surface area (Å²) in [6.07, 6.45) is -4.60. The van der Waals surface area contributed by atoms with Gasteiger partial charge in [0.2, 0.25) is 5.88 Å². The van der Waals surface area contributed by atoms with Gasteiger partial charge in [0.05, 0.1) is 23.0 Å². The summed E-state index contributed by atoms with van der Waals surface area (Å²) in [6.45, 7) is 1.74. The minimum atomic E-state index is -4.60. The number of benzene rings is 1. The Morgan fingerprint density at radius 1 is 1.30 bits per heavy atom. The van der Waals surface area contributed by atoms with E-state index >= 15 is 0 Å². The molecule has 0 aliphatic heterocycles. The Morgan fingerprint density at radius 2 is 2.05 bits per heavy atom. The highest BCUT2D eigenvalue weighted by Gasteiger charge is 2.34. The Kier molecular flexibility index (Phi) is 3.93. The first-order valence-electron chi connectivity index (χ1n) is 5.33. The van der Waals surface area contributed by atoms with Crippen molar-refractivity contribution in [2.24, 2.45) is 9.75 Å². The van der Waals surface area contributed by atoms with Gasteiger partial charge in [-0.15, -0.1) is 10.2 Å². The molecule has 0 radical (unpaired) electrons. The fourth-order valence-corrected chi connectivity index (χ4v) is 1.58. The number of aromatic amines is 1. The van der Waals surface area contributed by atoms with Crippen molar-refractivity contribution in [3.05, 3.63) is 35.5 Å². The van der Waals surface area contributed by atoms with E-state index in [1.54, 1.807) is 13.0 Å². The van der Waals surface area contributed by atoms with Crippen molar-refractivity contribution in [2.75, 3.05) is 0 Å². The highest BCUT2D eigenvalue weighted by molar-refractivity contribution is 6.14. The van der Waals surface area contributed by atoms with Gasteiger partial charge in [-0.2, -0.15) is 13.2 Å². The molecule has 0 saturated heterocycles. The Bertz CT molecular complexity index is 639. The lowest BCUT2D eigenvalue weighted by molar-refractivity contribution is -0.137. The van der Waals surface area contributed by atoms with E-state index in [0.29, 0.717) is 0 Å². The molecule has 0 fully saturated rings. The van der Waals surface area contributed by atoms with Gasteiger partial charge in [-0.25, -0.2) is 0 Å². The molecule has 2 aromatic rings. The lowest BCUT2D eigenvalue weighted by Gasteiger charge is -2.10. The molecule has 0 aliphatic rings. The van der Waals surface area contributed by atoms with Crippen LogP contribution in [0.4, 0.5) is 18.9 Å². The van der Waals surface area contributed by atoms with Crippen LogP contribution >= 0.6 is 11.8 Å². The summed E-state index contributed by atoms with van der Waals surface area (Å²) < 4.78 is 46.7. The number of alkyl halides is 3. The highest BCUT2D eigenvalue weighted by atomic mass is 35.5. The smallest absolute Gasteiger partial charge is 0.418 e. The quantitative estimate of drug-likeness (QED) is 0.830. The number of aryl methyl sites for hydroxylation is 1. The molecule has 0 saturated carbocycles. The standard InChI is InChI=1S/C11H8ClF3N4O/c1-6-4-10(18-16-6)20-7-2-3-9(17-19-12)8(5-7)11(13,14)15/h2-5H,1H3,(H,16,18). The molecule has 2 rings (SSSR count). The lowest BCUT2D eigenvalue weighted by atomic mass is 10.1. The van der Waals surface area contributed by atoms with Gasteiger partial charge in [0.1, 0.15) is 5.75 Å². The van der Waals surface area contributed by atoms with Crippen LogP contribution in [0.5, 0.6) is 11.6 Å². The maximum atomic E-state index is 12.9. The number of H-pyrrole nitrogens is 1. The first-order valence-corrected chi connectivity index (χ1v) is 5.67. The fraction of sp³-hybridized carbons (Fsp3) is 0.182. The molecule has 0 unspecified atom stereocenters. The summed E-state index contributed by atoms with van der Waals surface area (Å²) in [7, 11) is 0. The van der Waals surface area contributed by atoms with Gasteiger partial charge in [0.15, 0.2) is 0 Å². The number of halogens is 4. The van der Waals surface area contributed by atoms with Crippen LogP contribution < -0.4 is 4.74 Å². The average molecular weight is 305 g/mol. The van der Waals surface area contributed by atoms with Gasteiger partial charge in [-0.1, -0.05) is 4.63 Å². The number of nitrogens with one attached hydrogen (secondary N) is 1. The summed E-state index contributed by atoms with van der Waals surface area (Å²) in [5.41, 5.74) is -0.659. The fourth-order valence-electron chi connectivity index (χ4n) is 1.50. The van der Waals surface area contributed by atoms with Crippen molar-refractivity contribution in [2.45, 2.75) is 13.1 Å². The Hall–Kier alpha value is -2.09. The molecule has 0 atom stereocenters. The van der Waals surface area contributed by atoms with Gasteiger partial charge >= 0.3 is 6.18 Å². The van der Waals surface area contributed by atoms with Crippen LogP contribution in [0.1, 0.15) is 11.3 Å². The molecule has 1 heterocycles. The Balaban J connectivity index is 2.36. The van der Waals surface area contributed by atoms with E-state index in [-0.39, 0.29) is 11.6 Å². The maximum Gasteiger partial charge on any atom is 0.418 e. The van der Waals surface area contributed by atoms with Crippen molar-refractivity contribution in [1.29, 1.82) is 0 Å². The molecule has 9 heteroatoms. The van der Waals surface area contributed by atoms with Gasteiger partial charge in [0, 0.05) is 11.8 Å². The minimum Gasteiger partial charge on any atom is -0.438 e. The maximum absolute atomic E-state index is 12.9. The van der Waals surface area contributed by atoms with Crippen molar-refractivity contribution in [3.8, 4) is 11.6 Å². The van der Waals surface area contributed by atoms with Crippen LogP contribution in [0, 0.1) is 6.92 Å². The normalized spacial score (nSPS) is 12.1. The first kappa shape index (κ1) is 14.3. The van der Waals surface area contributed by atoms with Crippen LogP contribution in [-0.4, -0.2) is 10.2 Å². The zero-order chi connectivity index (χ0) is 14.8. The second kappa shape index (κ2) is 5.49. The monoisotopic (exact) mass is 304 g/mol. The van der Waals surface area contributed by atoms with E-state index in [4.69, 9.17) is 16.5 Å². The molecule has 0 aliphatic carbocycles. The summed E-state index contributed by atoms with van der Waals surface area (Å²) in [5, 5.41) is 9.61. The third-order valence-corrected chi connectivity index (χ3v) is 2.40. The van der Waals surface area contributed by atoms with E-state index in [0.717, 1.165) is 17.8 Å². The Labute approximate surface area is 116 Å². The number of hydrogen-bond donors (Lipinski definition) is 1. The van der Waals surface area contributed by atoms with Crippen molar-refractivity contribution in [1.82, 2.24) is 10.2 Å². The van der Waals surface area contributed by atoms with E-state index in [9.17, 15) is 13.2 Å². The zero-order valence-corrected chi connectivity index (χ0v) is 10.8. The molecule has 5 nitrogen and oxygen atoms in total. The summed E-state index contributed by atoms with van der Waals surface area (Å²) in [5.74, 6) is 0.152. The van der Waals surface area contributed by atoms with Crippen molar-refractivity contribution < 1.29 is 17.9 Å². The molecular formula is C11H8ClF3N4O. The van der Waals surface area contributed by atoms with E-state index in [1.807, 2.05) is 0 Å². The van der Waals surface area contributed by atoms with Crippen LogP contribution in [0.2, 0.25) is 0 Å². The molecule has 0 amide bonds. The first-order chi connectivity index (χ1) is 9.40. The average Bonchev–Trinajstić information content (AvgIpc) is 2.76. The number of aromatic nitrogens is 2. The second-order valence-corrected chi connectivity index (χ2v) is 3.99. The lowest BCUT2D eigenvalue weighted by Crippen LogP contribution is -2.05. The van der Waals surface area contributed by atoms with Crippen molar-refractivity contribution >= 4 is 17.5 Å². The SMILES string of the molecule is Cc1cc(Oc2ccc(N=NCl)c(C(F)(F)F)c2)n[nH]1. The van der Waals surface area contributed by atoms with Gasteiger partial charge in [-0.3, -0.25) is 5.10 Å². The third kappa shape index (κ3) is 3.27. The van der Waals surface area contributed by atoms with E-state index in [1.165, 1.54) is 6.07 Å². The summed E-state index contributed by atoms with van der Waals surface area (Å²) >= 11 is 4.98. The molecule has 106 valence electrons.